The summed E-state index contributed by atoms with van der Waals surface area (Å²) in [5, 5.41) is 15.6. The second-order valence-electron chi connectivity index (χ2n) is 4.17. The Morgan fingerprint density at radius 3 is 2.79 bits per heavy atom. The van der Waals surface area contributed by atoms with E-state index in [2.05, 4.69) is 25.9 Å². The number of nitrogens with one attached hydrogen (secondary N) is 2. The van der Waals surface area contributed by atoms with Crippen molar-refractivity contribution in [2.45, 2.75) is 25.8 Å². The molecular weight excluding hydrogens is 252 g/mol. The number of carbonyl (C=O) groups is 2. The molecule has 1 aliphatic heterocycles. The molecule has 0 radical (unpaired) electrons. The molecule has 1 aromatic heterocycles. The van der Waals surface area contributed by atoms with E-state index >= 15 is 0 Å². The van der Waals surface area contributed by atoms with Crippen LogP contribution in [0.4, 0.5) is 4.79 Å². The summed E-state index contributed by atoms with van der Waals surface area (Å²) in [5.41, 5.74) is 0. The van der Waals surface area contributed by atoms with Gasteiger partial charge in [0.1, 0.15) is 0 Å². The highest BCUT2D eigenvalue weighted by Crippen LogP contribution is 2.11. The van der Waals surface area contributed by atoms with Crippen LogP contribution in [0.1, 0.15) is 30.4 Å². The third kappa shape index (κ3) is 3.39. The Morgan fingerprint density at radius 1 is 1.47 bits per heavy atom. The van der Waals surface area contributed by atoms with Gasteiger partial charge in [-0.2, -0.15) is 5.21 Å². The number of hydrogen-bond donors (Lipinski definition) is 2. The Hall–Kier alpha value is -2.19. The van der Waals surface area contributed by atoms with Gasteiger partial charge in [-0.3, -0.25) is 4.79 Å². The molecule has 104 valence electrons. The van der Waals surface area contributed by atoms with Crippen LogP contribution in [0.25, 0.3) is 0 Å². The quantitative estimate of drug-likeness (QED) is 0.767. The van der Waals surface area contributed by atoms with E-state index < -0.39 is 0 Å². The van der Waals surface area contributed by atoms with Gasteiger partial charge < -0.3 is 15.0 Å². The molecule has 0 spiro atoms. The minimum Gasteiger partial charge on any atom is -0.450 e. The largest absolute Gasteiger partial charge is 0.450 e. The zero-order chi connectivity index (χ0) is 13.7. The molecule has 1 aromatic rings. The van der Waals surface area contributed by atoms with Crippen molar-refractivity contribution in [3.05, 3.63) is 5.82 Å². The molecule has 0 unspecified atom stereocenters. The van der Waals surface area contributed by atoms with Crippen molar-refractivity contribution in [3.63, 3.8) is 0 Å². The Bertz CT molecular complexity index is 426. The average molecular weight is 268 g/mol. The fraction of sp³-hybridized carbons (Fsp3) is 0.700. The number of rotatable bonds is 3. The van der Waals surface area contributed by atoms with Gasteiger partial charge in [-0.1, -0.05) is 0 Å². The molecule has 0 aromatic carbocycles. The molecule has 2 heterocycles. The van der Waals surface area contributed by atoms with Crippen molar-refractivity contribution in [1.82, 2.24) is 30.8 Å². The summed E-state index contributed by atoms with van der Waals surface area (Å²) in [6.07, 6.45) is 1.07. The number of amides is 2. The lowest BCUT2D eigenvalue weighted by Crippen LogP contribution is -2.46. The van der Waals surface area contributed by atoms with Crippen molar-refractivity contribution in [1.29, 1.82) is 0 Å². The number of carbonyl (C=O) groups excluding carboxylic acids is 2. The molecule has 0 aliphatic carbocycles. The van der Waals surface area contributed by atoms with Crippen molar-refractivity contribution in [2.75, 3.05) is 19.7 Å². The van der Waals surface area contributed by atoms with Gasteiger partial charge in [0, 0.05) is 19.1 Å². The third-order valence-corrected chi connectivity index (χ3v) is 2.90. The van der Waals surface area contributed by atoms with Crippen molar-refractivity contribution in [3.8, 4) is 0 Å². The molecule has 0 saturated carbocycles. The molecule has 1 fully saturated rings. The number of aromatic nitrogens is 4. The predicted octanol–water partition coefficient (Wildman–Crippen LogP) is -0.450. The highest BCUT2D eigenvalue weighted by molar-refractivity contribution is 5.90. The molecule has 0 bridgehead atoms. The number of likely N-dealkylation sites (tertiary alicyclic amines) is 1. The molecule has 2 N–H and O–H groups in total. The lowest BCUT2D eigenvalue weighted by Gasteiger charge is -2.31. The van der Waals surface area contributed by atoms with E-state index in [1.54, 1.807) is 11.8 Å². The van der Waals surface area contributed by atoms with E-state index in [1.807, 2.05) is 0 Å². The summed E-state index contributed by atoms with van der Waals surface area (Å²) in [6, 6.07) is 0.0108. The second kappa shape index (κ2) is 6.12. The molecule has 0 atom stereocenters. The first kappa shape index (κ1) is 13.2. The second-order valence-corrected chi connectivity index (χ2v) is 4.17. The van der Waals surface area contributed by atoms with E-state index in [0.717, 1.165) is 0 Å². The van der Waals surface area contributed by atoms with Crippen LogP contribution in [0.2, 0.25) is 0 Å². The minimum atomic E-state index is -0.358. The van der Waals surface area contributed by atoms with Crippen LogP contribution in [0, 0.1) is 0 Å². The number of ether oxygens (including phenoxy) is 1. The summed E-state index contributed by atoms with van der Waals surface area (Å²) < 4.78 is 4.92. The van der Waals surface area contributed by atoms with E-state index in [1.165, 1.54) is 0 Å². The van der Waals surface area contributed by atoms with E-state index in [4.69, 9.17) is 4.74 Å². The minimum absolute atomic E-state index is 0.0108. The molecule has 2 rings (SSSR count). The monoisotopic (exact) mass is 268 g/mol. The van der Waals surface area contributed by atoms with Crippen LogP contribution in [0.15, 0.2) is 0 Å². The maximum absolute atomic E-state index is 11.7. The first-order chi connectivity index (χ1) is 9.20. The topological polar surface area (TPSA) is 113 Å². The van der Waals surface area contributed by atoms with Crippen molar-refractivity contribution in [2.24, 2.45) is 0 Å². The van der Waals surface area contributed by atoms with Gasteiger partial charge in [-0.05, 0) is 25.0 Å². The molecule has 9 nitrogen and oxygen atoms in total. The van der Waals surface area contributed by atoms with Crippen LogP contribution in [-0.4, -0.2) is 63.3 Å². The van der Waals surface area contributed by atoms with Crippen LogP contribution in [-0.2, 0) is 4.74 Å². The SMILES string of the molecule is CCOC(=O)N1CCC(NC(=O)c2nn[nH]n2)CC1. The van der Waals surface area contributed by atoms with E-state index in [0.29, 0.717) is 32.5 Å². The van der Waals surface area contributed by atoms with Crippen LogP contribution in [0.3, 0.4) is 0 Å². The number of hydrogen-bond acceptors (Lipinski definition) is 6. The highest BCUT2D eigenvalue weighted by atomic mass is 16.6. The molecule has 9 heteroatoms. The maximum atomic E-state index is 11.7. The smallest absolute Gasteiger partial charge is 0.409 e. The van der Waals surface area contributed by atoms with Gasteiger partial charge in [-0.25, -0.2) is 4.79 Å². The summed E-state index contributed by atoms with van der Waals surface area (Å²) in [4.78, 5) is 24.8. The molecule has 2 amide bonds. The number of piperidine rings is 1. The van der Waals surface area contributed by atoms with Gasteiger partial charge in [0.05, 0.1) is 6.61 Å². The van der Waals surface area contributed by atoms with Gasteiger partial charge in [0.2, 0.25) is 0 Å². The molecular formula is C10H16N6O3. The summed E-state index contributed by atoms with van der Waals surface area (Å²) in [5.74, 6) is -0.337. The van der Waals surface area contributed by atoms with E-state index in [-0.39, 0.29) is 23.9 Å². The van der Waals surface area contributed by atoms with Crippen LogP contribution < -0.4 is 5.32 Å². The lowest BCUT2D eigenvalue weighted by molar-refractivity contribution is 0.0853. The Morgan fingerprint density at radius 2 is 2.21 bits per heavy atom. The predicted molar refractivity (Wildman–Crippen MR) is 63.3 cm³/mol. The van der Waals surface area contributed by atoms with Crippen LogP contribution >= 0.6 is 0 Å². The van der Waals surface area contributed by atoms with Gasteiger partial charge in [-0.15, -0.1) is 10.2 Å². The zero-order valence-electron chi connectivity index (χ0n) is 10.6. The zero-order valence-corrected chi connectivity index (χ0v) is 10.6. The van der Waals surface area contributed by atoms with Crippen LogP contribution in [0.5, 0.6) is 0 Å². The Balaban J connectivity index is 1.77. The fourth-order valence-corrected chi connectivity index (χ4v) is 1.93. The Labute approximate surface area is 109 Å². The first-order valence-corrected chi connectivity index (χ1v) is 6.16. The molecule has 1 saturated heterocycles. The first-order valence-electron chi connectivity index (χ1n) is 6.16. The highest BCUT2D eigenvalue weighted by Gasteiger charge is 2.25. The summed E-state index contributed by atoms with van der Waals surface area (Å²) in [6.45, 7) is 3.27. The standard InChI is InChI=1S/C10H16N6O3/c1-2-19-10(18)16-5-3-7(4-6-16)11-9(17)8-12-14-15-13-8/h7H,2-6H2,1H3,(H,11,17)(H,12,13,14,15). The van der Waals surface area contributed by atoms with Crippen molar-refractivity contribution >= 4 is 12.0 Å². The molecule has 1 aliphatic rings. The Kier molecular flexibility index (Phi) is 4.26. The summed E-state index contributed by atoms with van der Waals surface area (Å²) in [7, 11) is 0. The molecule has 19 heavy (non-hydrogen) atoms. The number of aromatic amines is 1. The van der Waals surface area contributed by atoms with E-state index in [9.17, 15) is 9.59 Å². The fourth-order valence-electron chi connectivity index (χ4n) is 1.93. The number of H-pyrrole nitrogens is 1. The number of nitrogens with zero attached hydrogens (tertiary/aromatic N) is 4. The number of tetrazole rings is 1. The normalized spacial score (nSPS) is 16.2. The van der Waals surface area contributed by atoms with Gasteiger partial charge >= 0.3 is 6.09 Å². The van der Waals surface area contributed by atoms with Gasteiger partial charge in [0.25, 0.3) is 11.7 Å². The average Bonchev–Trinajstić information content (AvgIpc) is 2.94. The lowest BCUT2D eigenvalue weighted by atomic mass is 10.1. The summed E-state index contributed by atoms with van der Waals surface area (Å²) >= 11 is 0. The maximum Gasteiger partial charge on any atom is 0.409 e. The third-order valence-electron chi connectivity index (χ3n) is 2.90. The van der Waals surface area contributed by atoms with Gasteiger partial charge in [0.15, 0.2) is 0 Å². The van der Waals surface area contributed by atoms with Crippen molar-refractivity contribution < 1.29 is 14.3 Å².